The molecule has 0 unspecified atom stereocenters. The quantitative estimate of drug-likeness (QED) is 0.703. The lowest BCUT2D eigenvalue weighted by molar-refractivity contribution is 0.174. The number of benzene rings is 1. The molecule has 0 bridgehead atoms. The van der Waals surface area contributed by atoms with E-state index in [1.807, 2.05) is 32.9 Å². The predicted octanol–water partition coefficient (Wildman–Crippen LogP) is 3.40. The van der Waals surface area contributed by atoms with Crippen LogP contribution in [0.2, 0.25) is 0 Å². The molecule has 16 heavy (non-hydrogen) atoms. The average molecular weight is 237 g/mol. The second kappa shape index (κ2) is 4.70. The fourth-order valence-electron chi connectivity index (χ4n) is 1.61. The smallest absolute Gasteiger partial charge is 0.180 e. The van der Waals surface area contributed by atoms with Gasteiger partial charge in [-0.15, -0.1) is 11.3 Å². The standard InChI is InChI=1S/C10H9NO2S.C2H6/c1-6-11-7-2-3-8-9(10(7)14-6)13-5-4-12-8;1-2/h2-3H,4-5H2,1H3;1-2H3. The molecule has 0 amide bonds. The van der Waals surface area contributed by atoms with E-state index in [4.69, 9.17) is 9.47 Å². The van der Waals surface area contributed by atoms with Crippen LogP contribution in [0.15, 0.2) is 12.1 Å². The number of thiazole rings is 1. The number of hydrogen-bond donors (Lipinski definition) is 0. The highest BCUT2D eigenvalue weighted by Gasteiger charge is 2.16. The molecule has 86 valence electrons. The molecular formula is C12H15NO2S. The molecule has 1 aromatic carbocycles. The van der Waals surface area contributed by atoms with Crippen molar-refractivity contribution in [1.29, 1.82) is 0 Å². The molecule has 0 atom stereocenters. The van der Waals surface area contributed by atoms with E-state index < -0.39 is 0 Å². The third-order valence-electron chi connectivity index (χ3n) is 2.17. The first-order chi connectivity index (χ1) is 7.84. The van der Waals surface area contributed by atoms with Crippen LogP contribution < -0.4 is 9.47 Å². The largest absolute Gasteiger partial charge is 0.486 e. The maximum Gasteiger partial charge on any atom is 0.180 e. The zero-order valence-corrected chi connectivity index (χ0v) is 10.6. The Morgan fingerprint density at radius 3 is 2.75 bits per heavy atom. The first-order valence-electron chi connectivity index (χ1n) is 5.50. The summed E-state index contributed by atoms with van der Waals surface area (Å²) in [6.07, 6.45) is 0. The van der Waals surface area contributed by atoms with Crippen molar-refractivity contribution >= 4 is 21.6 Å². The normalized spacial score (nSPS) is 13.2. The Kier molecular flexibility index (Phi) is 3.29. The number of rotatable bonds is 0. The van der Waals surface area contributed by atoms with E-state index in [-0.39, 0.29) is 0 Å². The highest BCUT2D eigenvalue weighted by molar-refractivity contribution is 7.18. The molecule has 1 aliphatic heterocycles. The molecule has 4 heteroatoms. The van der Waals surface area contributed by atoms with Crippen LogP contribution in [-0.4, -0.2) is 18.2 Å². The van der Waals surface area contributed by atoms with Gasteiger partial charge in [0.1, 0.15) is 17.9 Å². The average Bonchev–Trinajstić information content (AvgIpc) is 2.72. The summed E-state index contributed by atoms with van der Waals surface area (Å²) in [6, 6.07) is 3.91. The van der Waals surface area contributed by atoms with E-state index in [9.17, 15) is 0 Å². The summed E-state index contributed by atoms with van der Waals surface area (Å²) in [5, 5.41) is 1.06. The zero-order chi connectivity index (χ0) is 11.5. The Bertz CT molecular complexity index is 493. The minimum atomic E-state index is 0.628. The zero-order valence-electron chi connectivity index (χ0n) is 9.74. The molecule has 0 saturated carbocycles. The van der Waals surface area contributed by atoms with Crippen molar-refractivity contribution in [3.63, 3.8) is 0 Å². The highest BCUT2D eigenvalue weighted by Crippen LogP contribution is 2.40. The van der Waals surface area contributed by atoms with Crippen LogP contribution in [0.25, 0.3) is 10.2 Å². The fourth-order valence-corrected chi connectivity index (χ4v) is 2.52. The molecule has 0 fully saturated rings. The molecule has 0 saturated heterocycles. The van der Waals surface area contributed by atoms with Crippen LogP contribution in [0.4, 0.5) is 0 Å². The maximum absolute atomic E-state index is 5.60. The van der Waals surface area contributed by atoms with Crippen molar-refractivity contribution in [3.8, 4) is 11.5 Å². The Balaban J connectivity index is 0.000000457. The molecule has 1 aliphatic rings. The van der Waals surface area contributed by atoms with Crippen LogP contribution in [-0.2, 0) is 0 Å². The number of ether oxygens (including phenoxy) is 2. The monoisotopic (exact) mass is 237 g/mol. The van der Waals surface area contributed by atoms with Gasteiger partial charge in [-0.05, 0) is 19.1 Å². The van der Waals surface area contributed by atoms with Crippen LogP contribution >= 0.6 is 11.3 Å². The van der Waals surface area contributed by atoms with Crippen molar-refractivity contribution in [2.75, 3.05) is 13.2 Å². The fraction of sp³-hybridized carbons (Fsp3) is 0.417. The van der Waals surface area contributed by atoms with E-state index in [1.165, 1.54) is 0 Å². The van der Waals surface area contributed by atoms with Crippen molar-refractivity contribution in [2.45, 2.75) is 20.8 Å². The van der Waals surface area contributed by atoms with E-state index in [0.29, 0.717) is 13.2 Å². The molecular weight excluding hydrogens is 222 g/mol. The lowest BCUT2D eigenvalue weighted by Crippen LogP contribution is -2.15. The minimum absolute atomic E-state index is 0.628. The number of hydrogen-bond acceptors (Lipinski definition) is 4. The van der Waals surface area contributed by atoms with Gasteiger partial charge in [0.25, 0.3) is 0 Å². The van der Waals surface area contributed by atoms with Gasteiger partial charge in [-0.25, -0.2) is 4.98 Å². The van der Waals surface area contributed by atoms with Gasteiger partial charge in [0, 0.05) is 0 Å². The topological polar surface area (TPSA) is 31.4 Å². The first kappa shape index (κ1) is 11.2. The lowest BCUT2D eigenvalue weighted by atomic mass is 10.3. The van der Waals surface area contributed by atoms with Gasteiger partial charge in [0.05, 0.1) is 10.5 Å². The Morgan fingerprint density at radius 1 is 1.19 bits per heavy atom. The number of nitrogens with zero attached hydrogens (tertiary/aromatic N) is 1. The summed E-state index contributed by atoms with van der Waals surface area (Å²) in [6.45, 7) is 7.26. The van der Waals surface area contributed by atoms with E-state index in [2.05, 4.69) is 4.98 Å². The lowest BCUT2D eigenvalue weighted by Gasteiger charge is -2.18. The van der Waals surface area contributed by atoms with Crippen LogP contribution in [0.1, 0.15) is 18.9 Å². The van der Waals surface area contributed by atoms with Crippen molar-refractivity contribution in [2.24, 2.45) is 0 Å². The van der Waals surface area contributed by atoms with Gasteiger partial charge in [-0.3, -0.25) is 0 Å². The Labute approximate surface area is 99.0 Å². The Morgan fingerprint density at radius 2 is 1.94 bits per heavy atom. The van der Waals surface area contributed by atoms with Gasteiger partial charge >= 0.3 is 0 Å². The third-order valence-corrected chi connectivity index (χ3v) is 3.16. The molecule has 3 rings (SSSR count). The maximum atomic E-state index is 5.60. The summed E-state index contributed by atoms with van der Waals surface area (Å²) in [5.74, 6) is 1.70. The summed E-state index contributed by atoms with van der Waals surface area (Å²) in [7, 11) is 0. The van der Waals surface area contributed by atoms with Crippen molar-refractivity contribution in [1.82, 2.24) is 4.98 Å². The van der Waals surface area contributed by atoms with Crippen molar-refractivity contribution in [3.05, 3.63) is 17.1 Å². The summed E-state index contributed by atoms with van der Waals surface area (Å²) in [4.78, 5) is 4.40. The molecule has 2 heterocycles. The molecule has 2 aromatic rings. The van der Waals surface area contributed by atoms with Crippen LogP contribution in [0.5, 0.6) is 11.5 Å². The number of fused-ring (bicyclic) bond motifs is 3. The summed E-state index contributed by atoms with van der Waals surface area (Å²) >= 11 is 1.65. The van der Waals surface area contributed by atoms with E-state index in [0.717, 1.165) is 26.7 Å². The molecule has 0 aliphatic carbocycles. The second-order valence-electron chi connectivity index (χ2n) is 3.17. The van der Waals surface area contributed by atoms with Crippen LogP contribution in [0, 0.1) is 6.92 Å². The van der Waals surface area contributed by atoms with Gasteiger partial charge in [0.2, 0.25) is 0 Å². The molecule has 3 nitrogen and oxygen atoms in total. The summed E-state index contributed by atoms with van der Waals surface area (Å²) in [5.41, 5.74) is 0.997. The number of aryl methyl sites for hydroxylation is 1. The van der Waals surface area contributed by atoms with Gasteiger partial charge in [0.15, 0.2) is 11.5 Å². The molecule has 0 spiro atoms. The van der Waals surface area contributed by atoms with E-state index in [1.54, 1.807) is 11.3 Å². The summed E-state index contributed by atoms with van der Waals surface area (Å²) < 4.78 is 12.2. The SMILES string of the molecule is CC.Cc1nc2ccc3c(c2s1)OCCO3. The van der Waals surface area contributed by atoms with Crippen LogP contribution in [0.3, 0.4) is 0 Å². The first-order valence-corrected chi connectivity index (χ1v) is 6.32. The van der Waals surface area contributed by atoms with Crippen molar-refractivity contribution < 1.29 is 9.47 Å². The molecule has 0 N–H and O–H groups in total. The van der Waals surface area contributed by atoms with E-state index >= 15 is 0 Å². The van der Waals surface area contributed by atoms with Gasteiger partial charge in [-0.1, -0.05) is 13.8 Å². The second-order valence-corrected chi connectivity index (χ2v) is 4.37. The Hall–Kier alpha value is -1.29. The highest BCUT2D eigenvalue weighted by atomic mass is 32.1. The number of aromatic nitrogens is 1. The molecule has 0 radical (unpaired) electrons. The minimum Gasteiger partial charge on any atom is -0.486 e. The molecule has 1 aromatic heterocycles. The predicted molar refractivity (Wildman–Crippen MR) is 66.7 cm³/mol. The third kappa shape index (κ3) is 1.85. The van der Waals surface area contributed by atoms with Gasteiger partial charge < -0.3 is 9.47 Å². The van der Waals surface area contributed by atoms with Gasteiger partial charge in [-0.2, -0.15) is 0 Å².